The quantitative estimate of drug-likeness (QED) is 0.779. The molecule has 1 N–H and O–H groups in total. The molecular weight excluding hydrogens is 200 g/mol. The van der Waals surface area contributed by atoms with Crippen molar-refractivity contribution in [2.45, 2.75) is 65.0 Å². The number of likely N-dealkylation sites (tertiary alicyclic amines) is 1. The van der Waals surface area contributed by atoms with Crippen LogP contribution in [-0.4, -0.2) is 36.0 Å². The van der Waals surface area contributed by atoms with E-state index in [9.17, 15) is 4.79 Å². The zero-order chi connectivity index (χ0) is 12.0. The van der Waals surface area contributed by atoms with Crippen molar-refractivity contribution in [3.05, 3.63) is 0 Å². The molecule has 0 aliphatic carbocycles. The van der Waals surface area contributed by atoms with Crippen LogP contribution < -0.4 is 5.32 Å². The first-order valence-electron chi connectivity index (χ1n) is 6.74. The maximum absolute atomic E-state index is 12.2. The maximum atomic E-state index is 12.2. The van der Waals surface area contributed by atoms with E-state index in [2.05, 4.69) is 24.1 Å². The molecule has 94 valence electrons. The molecule has 1 fully saturated rings. The molecule has 16 heavy (non-hydrogen) atoms. The number of carbonyl (C=O) groups is 1. The molecule has 0 radical (unpaired) electrons. The predicted octanol–water partition coefficient (Wildman–Crippen LogP) is 2.17. The molecule has 1 saturated heterocycles. The Morgan fingerprint density at radius 1 is 1.44 bits per heavy atom. The summed E-state index contributed by atoms with van der Waals surface area (Å²) in [6, 6.07) is 0.458. The van der Waals surface area contributed by atoms with Crippen molar-refractivity contribution < 1.29 is 4.79 Å². The summed E-state index contributed by atoms with van der Waals surface area (Å²) < 4.78 is 0. The lowest BCUT2D eigenvalue weighted by Gasteiger charge is -2.37. The summed E-state index contributed by atoms with van der Waals surface area (Å²) in [4.78, 5) is 14.3. The van der Waals surface area contributed by atoms with Gasteiger partial charge in [-0.2, -0.15) is 0 Å². The normalized spacial score (nSPS) is 23.2. The van der Waals surface area contributed by atoms with Crippen molar-refractivity contribution in [2.75, 3.05) is 13.1 Å². The van der Waals surface area contributed by atoms with E-state index in [0.717, 1.165) is 25.9 Å². The molecule has 0 aromatic heterocycles. The molecule has 3 nitrogen and oxygen atoms in total. The van der Waals surface area contributed by atoms with E-state index in [0.29, 0.717) is 11.9 Å². The summed E-state index contributed by atoms with van der Waals surface area (Å²) in [5, 5.41) is 3.28. The van der Waals surface area contributed by atoms with Crippen LogP contribution in [0.2, 0.25) is 0 Å². The van der Waals surface area contributed by atoms with Crippen molar-refractivity contribution in [2.24, 2.45) is 0 Å². The highest BCUT2D eigenvalue weighted by Crippen LogP contribution is 2.20. The number of amides is 1. The number of nitrogens with zero attached hydrogens (tertiary/aromatic N) is 1. The zero-order valence-corrected chi connectivity index (χ0v) is 11.0. The summed E-state index contributed by atoms with van der Waals surface area (Å²) in [7, 11) is 0. The topological polar surface area (TPSA) is 32.3 Å². The summed E-state index contributed by atoms with van der Waals surface area (Å²) >= 11 is 0. The van der Waals surface area contributed by atoms with Gasteiger partial charge >= 0.3 is 0 Å². The van der Waals surface area contributed by atoms with Gasteiger partial charge in [-0.1, -0.05) is 13.8 Å². The van der Waals surface area contributed by atoms with E-state index >= 15 is 0 Å². The second-order valence-electron chi connectivity index (χ2n) is 4.77. The lowest BCUT2D eigenvalue weighted by molar-refractivity contribution is -0.136. The molecule has 1 aliphatic rings. The van der Waals surface area contributed by atoms with Crippen molar-refractivity contribution in [3.63, 3.8) is 0 Å². The molecule has 0 aromatic carbocycles. The van der Waals surface area contributed by atoms with Gasteiger partial charge < -0.3 is 10.2 Å². The van der Waals surface area contributed by atoms with Crippen molar-refractivity contribution >= 4 is 5.91 Å². The minimum absolute atomic E-state index is 0.0212. The highest BCUT2D eigenvalue weighted by molar-refractivity contribution is 5.81. The highest BCUT2D eigenvalue weighted by Gasteiger charge is 2.27. The standard InChI is InChI=1S/C13H26N2O/c1-4-9-14-11(3)13(16)15-10-7-6-8-12(15)5-2/h11-12,14H,4-10H2,1-3H3. The largest absolute Gasteiger partial charge is 0.338 e. The van der Waals surface area contributed by atoms with Crippen molar-refractivity contribution in [1.82, 2.24) is 10.2 Å². The molecule has 0 spiro atoms. The molecule has 2 unspecified atom stereocenters. The Morgan fingerprint density at radius 2 is 2.19 bits per heavy atom. The summed E-state index contributed by atoms with van der Waals surface area (Å²) in [5.41, 5.74) is 0. The van der Waals surface area contributed by atoms with Crippen LogP contribution in [0, 0.1) is 0 Å². The van der Waals surface area contributed by atoms with E-state index in [1.807, 2.05) is 6.92 Å². The minimum Gasteiger partial charge on any atom is -0.338 e. The third-order valence-corrected chi connectivity index (χ3v) is 3.45. The number of nitrogens with one attached hydrogen (secondary N) is 1. The van der Waals surface area contributed by atoms with Gasteiger partial charge in [0.15, 0.2) is 0 Å². The monoisotopic (exact) mass is 226 g/mol. The molecule has 1 aliphatic heterocycles. The van der Waals surface area contributed by atoms with Crippen LogP contribution in [0.3, 0.4) is 0 Å². The molecule has 1 rings (SSSR count). The fourth-order valence-electron chi connectivity index (χ4n) is 2.41. The molecule has 1 amide bonds. The maximum Gasteiger partial charge on any atom is 0.239 e. The fourth-order valence-corrected chi connectivity index (χ4v) is 2.41. The van der Waals surface area contributed by atoms with Crippen LogP contribution in [0.25, 0.3) is 0 Å². The average Bonchev–Trinajstić information content (AvgIpc) is 2.34. The Hall–Kier alpha value is -0.570. The molecule has 0 saturated carbocycles. The molecule has 0 bridgehead atoms. The molecule has 2 atom stereocenters. The lowest BCUT2D eigenvalue weighted by Crippen LogP contribution is -2.51. The number of carbonyl (C=O) groups excluding carboxylic acids is 1. The van der Waals surface area contributed by atoms with Gasteiger partial charge in [0.2, 0.25) is 5.91 Å². The van der Waals surface area contributed by atoms with Crippen LogP contribution in [-0.2, 0) is 4.79 Å². The van der Waals surface area contributed by atoms with Gasteiger partial charge in [0.05, 0.1) is 6.04 Å². The van der Waals surface area contributed by atoms with Crippen LogP contribution in [0.1, 0.15) is 52.9 Å². The third-order valence-electron chi connectivity index (χ3n) is 3.45. The SMILES string of the molecule is CCCNC(C)C(=O)N1CCCCC1CC. The number of hydrogen-bond acceptors (Lipinski definition) is 2. The molecule has 3 heteroatoms. The van der Waals surface area contributed by atoms with Crippen LogP contribution in [0.5, 0.6) is 0 Å². The lowest BCUT2D eigenvalue weighted by atomic mass is 9.99. The van der Waals surface area contributed by atoms with E-state index in [-0.39, 0.29) is 6.04 Å². The van der Waals surface area contributed by atoms with E-state index in [1.54, 1.807) is 0 Å². The van der Waals surface area contributed by atoms with Gasteiger partial charge in [-0.3, -0.25) is 4.79 Å². The predicted molar refractivity (Wildman–Crippen MR) is 67.4 cm³/mol. The first-order chi connectivity index (χ1) is 7.70. The Balaban J connectivity index is 2.49. The molecule has 1 heterocycles. The fraction of sp³-hybridized carbons (Fsp3) is 0.923. The second-order valence-corrected chi connectivity index (χ2v) is 4.77. The molecule has 0 aromatic rings. The van der Waals surface area contributed by atoms with Gasteiger partial charge in [-0.25, -0.2) is 0 Å². The van der Waals surface area contributed by atoms with Gasteiger partial charge in [-0.05, 0) is 45.6 Å². The van der Waals surface area contributed by atoms with Gasteiger partial charge in [0, 0.05) is 12.6 Å². The number of hydrogen-bond donors (Lipinski definition) is 1. The Bertz CT molecular complexity index is 218. The molecular formula is C13H26N2O. The van der Waals surface area contributed by atoms with E-state index in [4.69, 9.17) is 0 Å². The Kier molecular flexibility index (Phi) is 5.81. The van der Waals surface area contributed by atoms with Crippen molar-refractivity contribution in [3.8, 4) is 0 Å². The Labute approximate surface area is 99.6 Å². The first kappa shape index (κ1) is 13.5. The average molecular weight is 226 g/mol. The highest BCUT2D eigenvalue weighted by atomic mass is 16.2. The minimum atomic E-state index is -0.0212. The van der Waals surface area contributed by atoms with E-state index in [1.165, 1.54) is 19.3 Å². The second kappa shape index (κ2) is 6.89. The number of rotatable bonds is 5. The van der Waals surface area contributed by atoms with E-state index < -0.39 is 0 Å². The summed E-state index contributed by atoms with van der Waals surface area (Å²) in [6.07, 6.45) is 5.80. The zero-order valence-electron chi connectivity index (χ0n) is 11.0. The first-order valence-corrected chi connectivity index (χ1v) is 6.74. The smallest absolute Gasteiger partial charge is 0.239 e. The number of piperidine rings is 1. The van der Waals surface area contributed by atoms with Gasteiger partial charge in [0.1, 0.15) is 0 Å². The van der Waals surface area contributed by atoms with Crippen LogP contribution in [0.4, 0.5) is 0 Å². The third kappa shape index (κ3) is 3.48. The Morgan fingerprint density at radius 3 is 2.81 bits per heavy atom. The van der Waals surface area contributed by atoms with Crippen molar-refractivity contribution in [1.29, 1.82) is 0 Å². The van der Waals surface area contributed by atoms with Crippen LogP contribution >= 0.6 is 0 Å². The van der Waals surface area contributed by atoms with Crippen LogP contribution in [0.15, 0.2) is 0 Å². The van der Waals surface area contributed by atoms with Gasteiger partial charge in [0.25, 0.3) is 0 Å². The summed E-state index contributed by atoms with van der Waals surface area (Å²) in [5.74, 6) is 0.292. The summed E-state index contributed by atoms with van der Waals surface area (Å²) in [6.45, 7) is 8.17. The van der Waals surface area contributed by atoms with Gasteiger partial charge in [-0.15, -0.1) is 0 Å².